The number of nitrogens with zero attached hydrogens (tertiary/aromatic N) is 2. The van der Waals surface area contributed by atoms with Crippen LogP contribution in [-0.2, 0) is 4.74 Å². The van der Waals surface area contributed by atoms with Gasteiger partial charge in [-0.3, -0.25) is 9.78 Å². The Kier molecular flexibility index (Phi) is 4.38. The van der Waals surface area contributed by atoms with Crippen LogP contribution in [0, 0.1) is 0 Å². The van der Waals surface area contributed by atoms with Crippen molar-refractivity contribution in [3.05, 3.63) is 57.6 Å². The standard InChI is InChI=1S/C19H17N3O3S/c1-2-25-19(24)14-9-13(17(23)22-16(14)11-3-4-11)15-10-26-18(21-15)12-5-7-20-8-6-12/h5-11H,2-4H2,1H3,(H,22,23). The van der Waals surface area contributed by atoms with Gasteiger partial charge in [0.05, 0.1) is 23.4 Å². The van der Waals surface area contributed by atoms with Crippen LogP contribution in [0.15, 0.2) is 40.8 Å². The Bertz CT molecular complexity index is 1010. The van der Waals surface area contributed by atoms with E-state index < -0.39 is 5.97 Å². The average Bonchev–Trinajstić information content (AvgIpc) is 3.39. The number of carbonyl (C=O) groups excluding carboxylic acids is 1. The van der Waals surface area contributed by atoms with Gasteiger partial charge in [-0.2, -0.15) is 0 Å². The number of hydrogen-bond donors (Lipinski definition) is 1. The van der Waals surface area contributed by atoms with E-state index >= 15 is 0 Å². The molecule has 1 N–H and O–H groups in total. The van der Waals surface area contributed by atoms with E-state index in [1.54, 1.807) is 25.4 Å². The van der Waals surface area contributed by atoms with Crippen molar-refractivity contribution in [2.24, 2.45) is 0 Å². The topological polar surface area (TPSA) is 84.9 Å². The van der Waals surface area contributed by atoms with Gasteiger partial charge in [-0.15, -0.1) is 11.3 Å². The fourth-order valence-electron chi connectivity index (χ4n) is 2.83. The van der Waals surface area contributed by atoms with Gasteiger partial charge in [0.25, 0.3) is 5.56 Å². The van der Waals surface area contributed by atoms with Gasteiger partial charge in [0.1, 0.15) is 5.01 Å². The van der Waals surface area contributed by atoms with Crippen molar-refractivity contribution >= 4 is 17.3 Å². The molecule has 1 fully saturated rings. The average molecular weight is 367 g/mol. The lowest BCUT2D eigenvalue weighted by atomic mass is 10.1. The van der Waals surface area contributed by atoms with Crippen LogP contribution in [-0.4, -0.2) is 27.5 Å². The summed E-state index contributed by atoms with van der Waals surface area (Å²) in [7, 11) is 0. The van der Waals surface area contributed by atoms with Crippen LogP contribution in [0.1, 0.15) is 41.7 Å². The summed E-state index contributed by atoms with van der Waals surface area (Å²) >= 11 is 1.45. The largest absolute Gasteiger partial charge is 0.462 e. The molecular formula is C19H17N3O3S. The predicted octanol–water partition coefficient (Wildman–Crippen LogP) is 3.61. The maximum Gasteiger partial charge on any atom is 0.339 e. The number of H-pyrrole nitrogens is 1. The maximum atomic E-state index is 12.6. The minimum Gasteiger partial charge on any atom is -0.462 e. The molecule has 7 heteroatoms. The SMILES string of the molecule is CCOC(=O)c1cc(-c2csc(-c3ccncc3)n2)c(=O)[nH]c1C1CC1. The lowest BCUT2D eigenvalue weighted by Gasteiger charge is -2.09. The van der Waals surface area contributed by atoms with Crippen LogP contribution in [0.4, 0.5) is 0 Å². The number of nitrogens with one attached hydrogen (secondary N) is 1. The number of aromatic amines is 1. The number of thiazole rings is 1. The molecule has 26 heavy (non-hydrogen) atoms. The highest BCUT2D eigenvalue weighted by molar-refractivity contribution is 7.13. The zero-order valence-corrected chi connectivity index (χ0v) is 15.0. The van der Waals surface area contributed by atoms with Gasteiger partial charge < -0.3 is 9.72 Å². The van der Waals surface area contributed by atoms with Gasteiger partial charge >= 0.3 is 5.97 Å². The first-order valence-corrected chi connectivity index (χ1v) is 9.36. The van der Waals surface area contributed by atoms with Gasteiger partial charge in [0.2, 0.25) is 0 Å². The van der Waals surface area contributed by atoms with Gasteiger partial charge in [-0.05, 0) is 38.0 Å². The summed E-state index contributed by atoms with van der Waals surface area (Å²) in [5.41, 5.74) is 2.76. The molecule has 0 saturated heterocycles. The summed E-state index contributed by atoms with van der Waals surface area (Å²) in [6, 6.07) is 5.36. The molecule has 3 aromatic heterocycles. The van der Waals surface area contributed by atoms with E-state index in [0.717, 1.165) is 23.4 Å². The minimum absolute atomic E-state index is 0.230. The predicted molar refractivity (Wildman–Crippen MR) is 99.3 cm³/mol. The highest BCUT2D eigenvalue weighted by atomic mass is 32.1. The van der Waals surface area contributed by atoms with Gasteiger partial charge in [-0.25, -0.2) is 9.78 Å². The Labute approximate surface area is 153 Å². The van der Waals surface area contributed by atoms with E-state index in [9.17, 15) is 9.59 Å². The second kappa shape index (κ2) is 6.84. The molecule has 0 spiro atoms. The van der Waals surface area contributed by atoms with Gasteiger partial charge in [-0.1, -0.05) is 0 Å². The number of rotatable bonds is 5. The maximum absolute atomic E-state index is 12.6. The summed E-state index contributed by atoms with van der Waals surface area (Å²) < 4.78 is 5.17. The third kappa shape index (κ3) is 3.17. The molecule has 0 aliphatic heterocycles. The quantitative estimate of drug-likeness (QED) is 0.696. The summed E-state index contributed by atoms with van der Waals surface area (Å²) in [4.78, 5) is 36.4. The Balaban J connectivity index is 1.77. The van der Waals surface area contributed by atoms with Crippen molar-refractivity contribution in [1.82, 2.24) is 15.0 Å². The summed E-state index contributed by atoms with van der Waals surface area (Å²) in [5.74, 6) is -0.171. The van der Waals surface area contributed by atoms with E-state index in [2.05, 4.69) is 15.0 Å². The molecule has 1 saturated carbocycles. The summed E-state index contributed by atoms with van der Waals surface area (Å²) in [6.07, 6.45) is 5.36. The Morgan fingerprint density at radius 3 is 2.81 bits per heavy atom. The molecular weight excluding hydrogens is 350 g/mol. The normalized spacial score (nSPS) is 13.6. The molecule has 0 radical (unpaired) electrons. The Hall–Kier alpha value is -2.80. The van der Waals surface area contributed by atoms with E-state index in [-0.39, 0.29) is 11.5 Å². The zero-order valence-electron chi connectivity index (χ0n) is 14.2. The number of ether oxygens (including phenoxy) is 1. The fraction of sp³-hybridized carbons (Fsp3) is 0.263. The Morgan fingerprint density at radius 2 is 2.12 bits per heavy atom. The number of pyridine rings is 2. The zero-order chi connectivity index (χ0) is 18.1. The molecule has 0 unspecified atom stereocenters. The lowest BCUT2D eigenvalue weighted by molar-refractivity contribution is 0.0524. The molecule has 1 aliphatic rings. The number of carbonyl (C=O) groups is 1. The van der Waals surface area contributed by atoms with E-state index in [4.69, 9.17) is 4.74 Å². The number of aromatic nitrogens is 3. The molecule has 0 bridgehead atoms. The highest BCUT2D eigenvalue weighted by Crippen LogP contribution is 2.41. The third-order valence-corrected chi connectivity index (χ3v) is 5.15. The van der Waals surface area contributed by atoms with E-state index in [1.807, 2.05) is 17.5 Å². The molecule has 0 aromatic carbocycles. The number of hydrogen-bond acceptors (Lipinski definition) is 6. The summed E-state index contributed by atoms with van der Waals surface area (Å²) in [5, 5.41) is 2.62. The molecule has 1 aliphatic carbocycles. The molecule has 4 rings (SSSR count). The van der Waals surface area contributed by atoms with Crippen molar-refractivity contribution in [2.75, 3.05) is 6.61 Å². The van der Waals surface area contributed by atoms with Crippen molar-refractivity contribution in [3.63, 3.8) is 0 Å². The second-order valence-corrected chi connectivity index (χ2v) is 6.97. The molecule has 0 atom stereocenters. The van der Waals surface area contributed by atoms with Crippen molar-refractivity contribution < 1.29 is 9.53 Å². The van der Waals surface area contributed by atoms with Gasteiger partial charge in [0.15, 0.2) is 0 Å². The first-order chi connectivity index (χ1) is 12.7. The monoisotopic (exact) mass is 367 g/mol. The molecule has 3 aromatic rings. The van der Waals surface area contributed by atoms with Crippen LogP contribution >= 0.6 is 11.3 Å². The van der Waals surface area contributed by atoms with Crippen molar-refractivity contribution in [2.45, 2.75) is 25.7 Å². The number of esters is 1. The Morgan fingerprint density at radius 1 is 1.35 bits per heavy atom. The van der Waals surface area contributed by atoms with Gasteiger partial charge in [0, 0.05) is 34.9 Å². The minimum atomic E-state index is -0.406. The second-order valence-electron chi connectivity index (χ2n) is 6.11. The molecule has 6 nitrogen and oxygen atoms in total. The van der Waals surface area contributed by atoms with Crippen LogP contribution in [0.3, 0.4) is 0 Å². The van der Waals surface area contributed by atoms with E-state index in [0.29, 0.717) is 29.1 Å². The van der Waals surface area contributed by atoms with E-state index in [1.165, 1.54) is 11.3 Å². The first kappa shape index (κ1) is 16.7. The molecule has 132 valence electrons. The first-order valence-electron chi connectivity index (χ1n) is 8.48. The highest BCUT2D eigenvalue weighted by Gasteiger charge is 2.30. The summed E-state index contributed by atoms with van der Waals surface area (Å²) in [6.45, 7) is 2.06. The van der Waals surface area contributed by atoms with Crippen molar-refractivity contribution in [1.29, 1.82) is 0 Å². The molecule has 3 heterocycles. The fourth-order valence-corrected chi connectivity index (χ4v) is 3.66. The lowest BCUT2D eigenvalue weighted by Crippen LogP contribution is -2.18. The van der Waals surface area contributed by atoms with Crippen molar-refractivity contribution in [3.8, 4) is 21.8 Å². The third-order valence-electron chi connectivity index (χ3n) is 4.26. The molecule has 0 amide bonds. The van der Waals surface area contributed by atoms with Crippen LogP contribution < -0.4 is 5.56 Å². The van der Waals surface area contributed by atoms with Crippen LogP contribution in [0.5, 0.6) is 0 Å². The van der Waals surface area contributed by atoms with Crippen LogP contribution in [0.25, 0.3) is 21.8 Å². The smallest absolute Gasteiger partial charge is 0.339 e. The van der Waals surface area contributed by atoms with Crippen LogP contribution in [0.2, 0.25) is 0 Å².